The Kier molecular flexibility index (Phi) is 5.98. The van der Waals surface area contributed by atoms with E-state index in [2.05, 4.69) is 5.32 Å². The summed E-state index contributed by atoms with van der Waals surface area (Å²) >= 11 is 0. The Balaban J connectivity index is 1.45. The highest BCUT2D eigenvalue weighted by Gasteiger charge is 2.34. The topological polar surface area (TPSA) is 61.9 Å². The zero-order valence-corrected chi connectivity index (χ0v) is 18.4. The van der Waals surface area contributed by atoms with Gasteiger partial charge in [-0.1, -0.05) is 60.7 Å². The van der Waals surface area contributed by atoms with Crippen LogP contribution in [0.5, 0.6) is 5.75 Å². The molecule has 0 saturated carbocycles. The van der Waals surface area contributed by atoms with E-state index in [1.807, 2.05) is 88.7 Å². The molecule has 2 heterocycles. The van der Waals surface area contributed by atoms with Crippen LogP contribution >= 0.6 is 0 Å². The molecule has 0 unspecified atom stereocenters. The van der Waals surface area contributed by atoms with Gasteiger partial charge >= 0.3 is 0 Å². The van der Waals surface area contributed by atoms with Crippen LogP contribution in [0.2, 0.25) is 0 Å². The van der Waals surface area contributed by atoms with E-state index in [0.29, 0.717) is 17.9 Å². The van der Waals surface area contributed by atoms with Crippen molar-refractivity contribution in [2.45, 2.75) is 25.6 Å². The molecular weight excluding hydrogens is 414 g/mol. The number of nitrogens with zero attached hydrogens (tertiary/aromatic N) is 2. The van der Waals surface area contributed by atoms with Gasteiger partial charge in [-0.15, -0.1) is 0 Å². The predicted octanol–water partition coefficient (Wildman–Crippen LogP) is 4.45. The Morgan fingerprint density at radius 1 is 0.909 bits per heavy atom. The molecule has 1 N–H and O–H groups in total. The largest absolute Gasteiger partial charge is 0.483 e. The molecule has 3 aromatic carbocycles. The second-order valence-electron chi connectivity index (χ2n) is 8.43. The van der Waals surface area contributed by atoms with Crippen LogP contribution in [0.3, 0.4) is 0 Å². The summed E-state index contributed by atoms with van der Waals surface area (Å²) in [5, 5.41) is 3.53. The Labute approximate surface area is 193 Å². The molecule has 0 aliphatic carbocycles. The molecule has 1 saturated heterocycles. The van der Waals surface area contributed by atoms with E-state index in [1.165, 1.54) is 0 Å². The molecule has 0 radical (unpaired) electrons. The maximum atomic E-state index is 13.5. The highest BCUT2D eigenvalue weighted by Crippen LogP contribution is 2.37. The molecule has 0 aromatic heterocycles. The summed E-state index contributed by atoms with van der Waals surface area (Å²) in [5.41, 5.74) is 3.30. The lowest BCUT2D eigenvalue weighted by Gasteiger charge is -2.38. The van der Waals surface area contributed by atoms with Gasteiger partial charge in [0, 0.05) is 30.9 Å². The van der Waals surface area contributed by atoms with Gasteiger partial charge in [0.15, 0.2) is 6.61 Å². The number of likely N-dealkylation sites (tertiary alicyclic amines) is 1. The van der Waals surface area contributed by atoms with Crippen LogP contribution in [-0.2, 0) is 11.3 Å². The van der Waals surface area contributed by atoms with Crippen LogP contribution in [0.25, 0.3) is 0 Å². The lowest BCUT2D eigenvalue weighted by atomic mass is 10.0. The van der Waals surface area contributed by atoms with E-state index in [4.69, 9.17) is 4.74 Å². The molecule has 33 heavy (non-hydrogen) atoms. The van der Waals surface area contributed by atoms with Gasteiger partial charge in [-0.3, -0.25) is 9.59 Å². The van der Waals surface area contributed by atoms with Crippen molar-refractivity contribution in [3.8, 4) is 5.75 Å². The summed E-state index contributed by atoms with van der Waals surface area (Å²) in [7, 11) is 0. The second kappa shape index (κ2) is 9.36. The van der Waals surface area contributed by atoms with E-state index in [0.717, 1.165) is 42.7 Å². The molecular formula is C27H27N3O3. The zero-order valence-electron chi connectivity index (χ0n) is 18.4. The van der Waals surface area contributed by atoms with Gasteiger partial charge in [0.05, 0.1) is 5.56 Å². The molecule has 0 bridgehead atoms. The lowest BCUT2D eigenvalue weighted by molar-refractivity contribution is -0.132. The number of fused-ring (bicyclic) bond motifs is 1. The Hall–Kier alpha value is -3.80. The van der Waals surface area contributed by atoms with Crippen LogP contribution in [-0.4, -0.2) is 41.3 Å². The Bertz CT molecular complexity index is 1140. The van der Waals surface area contributed by atoms with Crippen LogP contribution in [0, 0.1) is 0 Å². The van der Waals surface area contributed by atoms with Crippen molar-refractivity contribution < 1.29 is 14.3 Å². The number of hydrogen-bond acceptors (Lipinski definition) is 4. The van der Waals surface area contributed by atoms with E-state index in [-0.39, 0.29) is 18.4 Å². The van der Waals surface area contributed by atoms with Crippen LogP contribution in [0.15, 0.2) is 78.9 Å². The minimum absolute atomic E-state index is 0.00136. The average molecular weight is 442 g/mol. The number of rotatable bonds is 6. The number of amides is 2. The van der Waals surface area contributed by atoms with Crippen molar-refractivity contribution in [1.29, 1.82) is 0 Å². The summed E-state index contributed by atoms with van der Waals surface area (Å²) in [6.45, 7) is 2.04. The quantitative estimate of drug-likeness (QED) is 0.614. The number of nitrogens with one attached hydrogen (secondary N) is 1. The molecule has 2 aliphatic rings. The van der Waals surface area contributed by atoms with Crippen molar-refractivity contribution in [1.82, 2.24) is 9.80 Å². The monoisotopic (exact) mass is 441 g/mol. The molecule has 0 spiro atoms. The number of carbonyl (C=O) groups is 2. The van der Waals surface area contributed by atoms with Gasteiger partial charge in [0.1, 0.15) is 11.9 Å². The fraction of sp³-hybridized carbons (Fsp3) is 0.259. The Morgan fingerprint density at radius 2 is 1.61 bits per heavy atom. The zero-order chi connectivity index (χ0) is 22.6. The van der Waals surface area contributed by atoms with Gasteiger partial charge in [-0.2, -0.15) is 0 Å². The van der Waals surface area contributed by atoms with Gasteiger partial charge < -0.3 is 19.9 Å². The number of carbonyl (C=O) groups excluding carboxylic acids is 2. The SMILES string of the molecule is O=C(COc1ccccc1[C@@H]1Nc2ccccc2C(=O)N1Cc1ccccc1)N1CCCC1. The number of benzene rings is 3. The summed E-state index contributed by atoms with van der Waals surface area (Å²) in [6, 6.07) is 25.1. The molecule has 1 atom stereocenters. The first-order valence-corrected chi connectivity index (χ1v) is 11.4. The van der Waals surface area contributed by atoms with Gasteiger partial charge in [0.25, 0.3) is 11.8 Å². The Morgan fingerprint density at radius 3 is 2.42 bits per heavy atom. The molecule has 6 heteroatoms. The lowest BCUT2D eigenvalue weighted by Crippen LogP contribution is -2.42. The third-order valence-corrected chi connectivity index (χ3v) is 6.24. The van der Waals surface area contributed by atoms with Crippen LogP contribution < -0.4 is 10.1 Å². The van der Waals surface area contributed by atoms with E-state index < -0.39 is 6.17 Å². The van der Waals surface area contributed by atoms with E-state index in [1.54, 1.807) is 0 Å². The summed E-state index contributed by atoms with van der Waals surface area (Å²) in [5.74, 6) is 0.565. The molecule has 1 fully saturated rings. The third kappa shape index (κ3) is 4.42. The highest BCUT2D eigenvalue weighted by atomic mass is 16.5. The fourth-order valence-electron chi connectivity index (χ4n) is 4.52. The minimum Gasteiger partial charge on any atom is -0.483 e. The van der Waals surface area contributed by atoms with Crippen molar-refractivity contribution in [2.24, 2.45) is 0 Å². The van der Waals surface area contributed by atoms with Gasteiger partial charge in [0.2, 0.25) is 0 Å². The third-order valence-electron chi connectivity index (χ3n) is 6.24. The number of para-hydroxylation sites is 2. The minimum atomic E-state index is -0.425. The van der Waals surface area contributed by atoms with Crippen LogP contribution in [0.1, 0.15) is 40.5 Å². The van der Waals surface area contributed by atoms with Gasteiger partial charge in [-0.05, 0) is 36.6 Å². The molecule has 2 amide bonds. The number of ether oxygens (including phenoxy) is 1. The van der Waals surface area contributed by atoms with Crippen molar-refractivity contribution in [3.63, 3.8) is 0 Å². The van der Waals surface area contributed by atoms with E-state index >= 15 is 0 Å². The van der Waals surface area contributed by atoms with E-state index in [9.17, 15) is 9.59 Å². The summed E-state index contributed by atoms with van der Waals surface area (Å²) in [4.78, 5) is 29.8. The first-order chi connectivity index (χ1) is 16.2. The van der Waals surface area contributed by atoms with Crippen molar-refractivity contribution in [3.05, 3.63) is 95.6 Å². The van der Waals surface area contributed by atoms with Crippen molar-refractivity contribution in [2.75, 3.05) is 25.0 Å². The molecule has 3 aromatic rings. The number of hydrogen-bond donors (Lipinski definition) is 1. The molecule has 2 aliphatic heterocycles. The smallest absolute Gasteiger partial charge is 0.260 e. The summed E-state index contributed by atoms with van der Waals surface area (Å²) < 4.78 is 6.02. The first kappa shape index (κ1) is 21.1. The second-order valence-corrected chi connectivity index (χ2v) is 8.43. The maximum Gasteiger partial charge on any atom is 0.260 e. The normalized spacial score (nSPS) is 17.5. The maximum absolute atomic E-state index is 13.5. The summed E-state index contributed by atoms with van der Waals surface area (Å²) in [6.07, 6.45) is 1.67. The highest BCUT2D eigenvalue weighted by molar-refractivity contribution is 6.01. The first-order valence-electron chi connectivity index (χ1n) is 11.4. The number of anilines is 1. The average Bonchev–Trinajstić information content (AvgIpc) is 3.40. The molecule has 5 rings (SSSR count). The van der Waals surface area contributed by atoms with Crippen LogP contribution in [0.4, 0.5) is 5.69 Å². The predicted molar refractivity (Wildman–Crippen MR) is 127 cm³/mol. The standard InChI is InChI=1S/C27H27N3O3/c31-25(29-16-8-9-17-29)19-33-24-15-7-5-13-22(24)26-28-23-14-6-4-12-21(23)27(32)30(26)18-20-10-2-1-3-11-20/h1-7,10-15,26,28H,8-9,16-19H2/t26-/m1/s1. The molecule has 168 valence electrons. The van der Waals surface area contributed by atoms with Crippen molar-refractivity contribution >= 4 is 17.5 Å². The molecule has 6 nitrogen and oxygen atoms in total. The fourth-order valence-corrected chi connectivity index (χ4v) is 4.52. The van der Waals surface area contributed by atoms with Gasteiger partial charge in [-0.25, -0.2) is 0 Å².